The van der Waals surface area contributed by atoms with Crippen molar-refractivity contribution in [2.24, 2.45) is 11.8 Å². The molecule has 1 heterocycles. The largest absolute Gasteiger partial charge is 0.483 e. The number of pyridine rings is 1. The van der Waals surface area contributed by atoms with Crippen LogP contribution in [0.3, 0.4) is 0 Å². The van der Waals surface area contributed by atoms with E-state index in [0.717, 1.165) is 12.0 Å². The minimum atomic E-state index is -4.34. The Morgan fingerprint density at radius 1 is 1.32 bits per heavy atom. The van der Waals surface area contributed by atoms with Crippen molar-refractivity contribution in [2.45, 2.75) is 32.4 Å². The van der Waals surface area contributed by atoms with Gasteiger partial charge in [0.15, 0.2) is 6.61 Å². The fourth-order valence-electron chi connectivity index (χ4n) is 3.00. The lowest BCUT2D eigenvalue weighted by Crippen LogP contribution is -2.19. The number of hydrogen-bond donors (Lipinski definition) is 0. The zero-order chi connectivity index (χ0) is 15.9. The summed E-state index contributed by atoms with van der Waals surface area (Å²) in [5.74, 6) is 1.84. The molecule has 0 radical (unpaired) electrons. The van der Waals surface area contributed by atoms with Crippen LogP contribution in [0.2, 0.25) is 0 Å². The van der Waals surface area contributed by atoms with E-state index in [9.17, 15) is 13.2 Å². The Kier molecular flexibility index (Phi) is 3.75. The smallest absolute Gasteiger partial charge is 0.422 e. The molecule has 0 bridgehead atoms. The number of aromatic nitrogens is 1. The molecule has 0 N–H and O–H groups in total. The van der Waals surface area contributed by atoms with Crippen LogP contribution < -0.4 is 4.74 Å². The summed E-state index contributed by atoms with van der Waals surface area (Å²) in [6, 6.07) is 7.17. The van der Waals surface area contributed by atoms with Crippen LogP contribution in [0.15, 0.2) is 30.5 Å². The van der Waals surface area contributed by atoms with Crippen LogP contribution in [-0.4, -0.2) is 17.8 Å². The van der Waals surface area contributed by atoms with Gasteiger partial charge in [0.2, 0.25) is 0 Å². The number of fused-ring (bicyclic) bond motifs is 1. The van der Waals surface area contributed by atoms with Gasteiger partial charge in [-0.1, -0.05) is 13.8 Å². The average Bonchev–Trinajstić information content (AvgIpc) is 3.24. The topological polar surface area (TPSA) is 22.1 Å². The maximum Gasteiger partial charge on any atom is 0.422 e. The molecule has 3 rings (SSSR count). The van der Waals surface area contributed by atoms with E-state index in [1.54, 1.807) is 24.4 Å². The first-order chi connectivity index (χ1) is 10.3. The molecule has 0 spiro atoms. The Hall–Kier alpha value is -1.78. The van der Waals surface area contributed by atoms with Crippen molar-refractivity contribution in [3.8, 4) is 5.75 Å². The monoisotopic (exact) mass is 309 g/mol. The van der Waals surface area contributed by atoms with Crippen LogP contribution in [0.5, 0.6) is 5.75 Å². The van der Waals surface area contributed by atoms with Gasteiger partial charge in [-0.05, 0) is 54.0 Å². The van der Waals surface area contributed by atoms with Crippen LogP contribution in [0.1, 0.15) is 31.7 Å². The van der Waals surface area contributed by atoms with Gasteiger partial charge in [0, 0.05) is 11.6 Å². The Labute approximate surface area is 127 Å². The fourth-order valence-corrected chi connectivity index (χ4v) is 3.00. The fraction of sp³-hybridized carbons (Fsp3) is 0.471. The number of halogens is 3. The van der Waals surface area contributed by atoms with Crippen LogP contribution in [0.25, 0.3) is 10.9 Å². The van der Waals surface area contributed by atoms with Gasteiger partial charge in [-0.3, -0.25) is 4.98 Å². The third kappa shape index (κ3) is 3.18. The van der Waals surface area contributed by atoms with E-state index in [-0.39, 0.29) is 5.75 Å². The predicted octanol–water partition coefficient (Wildman–Crippen LogP) is 4.94. The summed E-state index contributed by atoms with van der Waals surface area (Å²) in [5.41, 5.74) is 1.72. The molecule has 118 valence electrons. The van der Waals surface area contributed by atoms with Crippen molar-refractivity contribution < 1.29 is 17.9 Å². The van der Waals surface area contributed by atoms with Crippen molar-refractivity contribution in [1.82, 2.24) is 4.98 Å². The SMILES string of the molecule is CC(C)[C@H]1C[C@@H]1c1cc(OCC(F)(F)F)c2cccnc2c1. The first-order valence-electron chi connectivity index (χ1n) is 7.43. The predicted molar refractivity (Wildman–Crippen MR) is 79.0 cm³/mol. The summed E-state index contributed by atoms with van der Waals surface area (Å²) in [5, 5.41) is 0.622. The van der Waals surface area contributed by atoms with Crippen LogP contribution in [0.4, 0.5) is 13.2 Å². The molecule has 22 heavy (non-hydrogen) atoms. The van der Waals surface area contributed by atoms with Crippen LogP contribution in [-0.2, 0) is 0 Å². The van der Waals surface area contributed by atoms with E-state index >= 15 is 0 Å². The second kappa shape index (κ2) is 5.45. The third-order valence-corrected chi connectivity index (χ3v) is 4.22. The highest BCUT2D eigenvalue weighted by Gasteiger charge is 2.40. The zero-order valence-corrected chi connectivity index (χ0v) is 12.5. The van der Waals surface area contributed by atoms with E-state index in [2.05, 4.69) is 18.8 Å². The Bertz CT molecular complexity index is 681. The summed E-state index contributed by atoms with van der Waals surface area (Å²) in [4.78, 5) is 4.27. The van der Waals surface area contributed by atoms with Crippen LogP contribution >= 0.6 is 0 Å². The van der Waals surface area contributed by atoms with Gasteiger partial charge >= 0.3 is 6.18 Å². The lowest BCUT2D eigenvalue weighted by atomic mass is 10.0. The zero-order valence-electron chi connectivity index (χ0n) is 12.5. The molecule has 0 aliphatic heterocycles. The van der Waals surface area contributed by atoms with Crippen molar-refractivity contribution in [3.63, 3.8) is 0 Å². The molecule has 0 amide bonds. The molecule has 1 aliphatic rings. The normalized spacial score (nSPS) is 21.4. The lowest BCUT2D eigenvalue weighted by Gasteiger charge is -2.13. The summed E-state index contributed by atoms with van der Waals surface area (Å²) in [6.07, 6.45) is -1.62. The second-order valence-electron chi connectivity index (χ2n) is 6.24. The number of nitrogens with zero attached hydrogens (tertiary/aromatic N) is 1. The van der Waals surface area contributed by atoms with E-state index < -0.39 is 12.8 Å². The Balaban J connectivity index is 1.94. The number of rotatable bonds is 4. The van der Waals surface area contributed by atoms with Crippen molar-refractivity contribution in [1.29, 1.82) is 0 Å². The van der Waals surface area contributed by atoms with Gasteiger partial charge in [0.05, 0.1) is 5.52 Å². The number of hydrogen-bond acceptors (Lipinski definition) is 2. The van der Waals surface area contributed by atoms with Gasteiger partial charge in [0.25, 0.3) is 0 Å². The molecule has 2 atom stereocenters. The van der Waals surface area contributed by atoms with Gasteiger partial charge < -0.3 is 4.74 Å². The van der Waals surface area contributed by atoms with Gasteiger partial charge in [-0.15, -0.1) is 0 Å². The molecule has 1 aromatic carbocycles. The van der Waals surface area contributed by atoms with E-state index in [1.165, 1.54) is 0 Å². The van der Waals surface area contributed by atoms with E-state index in [4.69, 9.17) is 4.74 Å². The highest BCUT2D eigenvalue weighted by molar-refractivity contribution is 5.86. The molecular formula is C17H18F3NO. The summed E-state index contributed by atoms with van der Waals surface area (Å²) in [7, 11) is 0. The van der Waals surface area contributed by atoms with Gasteiger partial charge in [-0.25, -0.2) is 0 Å². The van der Waals surface area contributed by atoms with Gasteiger partial charge in [0.1, 0.15) is 5.75 Å². The summed E-state index contributed by atoms with van der Waals surface area (Å²) >= 11 is 0. The molecule has 2 nitrogen and oxygen atoms in total. The molecule has 0 saturated heterocycles. The first-order valence-corrected chi connectivity index (χ1v) is 7.43. The molecule has 1 fully saturated rings. The highest BCUT2D eigenvalue weighted by atomic mass is 19.4. The molecule has 1 aliphatic carbocycles. The Morgan fingerprint density at radius 3 is 2.73 bits per heavy atom. The van der Waals surface area contributed by atoms with E-state index in [0.29, 0.717) is 28.7 Å². The summed E-state index contributed by atoms with van der Waals surface area (Å²) in [6.45, 7) is 3.06. The lowest BCUT2D eigenvalue weighted by molar-refractivity contribution is -0.153. The second-order valence-corrected chi connectivity index (χ2v) is 6.24. The number of ether oxygens (including phenoxy) is 1. The maximum absolute atomic E-state index is 12.4. The number of alkyl halides is 3. The summed E-state index contributed by atoms with van der Waals surface area (Å²) < 4.78 is 42.4. The molecule has 5 heteroatoms. The third-order valence-electron chi connectivity index (χ3n) is 4.22. The average molecular weight is 309 g/mol. The van der Waals surface area contributed by atoms with Crippen molar-refractivity contribution in [2.75, 3.05) is 6.61 Å². The highest BCUT2D eigenvalue weighted by Crippen LogP contribution is 2.52. The molecule has 1 saturated carbocycles. The molecule has 1 aromatic heterocycles. The first kappa shape index (κ1) is 15.1. The maximum atomic E-state index is 12.4. The number of benzene rings is 1. The van der Waals surface area contributed by atoms with Crippen molar-refractivity contribution >= 4 is 10.9 Å². The molecule has 2 aromatic rings. The minimum Gasteiger partial charge on any atom is -0.483 e. The Morgan fingerprint density at radius 2 is 2.09 bits per heavy atom. The van der Waals surface area contributed by atoms with Gasteiger partial charge in [-0.2, -0.15) is 13.2 Å². The minimum absolute atomic E-state index is 0.271. The van der Waals surface area contributed by atoms with Crippen LogP contribution in [0, 0.1) is 11.8 Å². The van der Waals surface area contributed by atoms with E-state index in [1.807, 2.05) is 6.07 Å². The van der Waals surface area contributed by atoms with Crippen molar-refractivity contribution in [3.05, 3.63) is 36.0 Å². The molecule has 0 unspecified atom stereocenters. The standard InChI is InChI=1S/C17H18F3NO/c1-10(2)13-8-14(13)11-6-15-12(4-3-5-21-15)16(7-11)22-9-17(18,19)20/h3-7,10,13-14H,8-9H2,1-2H3/t13-,14-/m1/s1. The molecular weight excluding hydrogens is 291 g/mol. The quantitative estimate of drug-likeness (QED) is 0.798.